The predicted octanol–water partition coefficient (Wildman–Crippen LogP) is 8.45. The van der Waals surface area contributed by atoms with E-state index in [4.69, 9.17) is 26.2 Å². The van der Waals surface area contributed by atoms with Crippen LogP contribution < -0.4 is 19.8 Å². The van der Waals surface area contributed by atoms with Crippen molar-refractivity contribution < 1.29 is 24.2 Å². The maximum Gasteiger partial charge on any atom is 0.264 e. The number of aromatic nitrogens is 3. The largest absolute Gasteiger partial charge is 0.497 e. The molecule has 322 valence electrons. The summed E-state index contributed by atoms with van der Waals surface area (Å²) in [7, 11) is -0.771. The maximum atomic E-state index is 15.5. The molecule has 1 aromatic heterocycles. The Labute approximate surface area is 373 Å². The van der Waals surface area contributed by atoms with Crippen LogP contribution >= 0.6 is 11.6 Å². The Hall–Kier alpha value is -5.92. The topological polar surface area (TPSA) is 122 Å². The van der Waals surface area contributed by atoms with Crippen molar-refractivity contribution in [1.82, 2.24) is 15.0 Å². The van der Waals surface area contributed by atoms with Gasteiger partial charge in [-0.05, 0) is 71.1 Å². The molecule has 5 aromatic carbocycles. The van der Waals surface area contributed by atoms with E-state index in [0.29, 0.717) is 42.2 Å². The number of amides is 2. The minimum atomic E-state index is -2.44. The van der Waals surface area contributed by atoms with Gasteiger partial charge in [0.15, 0.2) is 5.60 Å². The molecule has 3 aliphatic heterocycles. The molecule has 1 spiro atoms. The number of hydrogen-bond donors (Lipinski definition) is 1. The first kappa shape index (κ1) is 42.4. The van der Waals surface area contributed by atoms with Gasteiger partial charge in [-0.15, -0.1) is 5.10 Å². The molecule has 0 bridgehead atoms. The smallest absolute Gasteiger partial charge is 0.264 e. The summed E-state index contributed by atoms with van der Waals surface area (Å²) < 4.78 is 14.7. The van der Waals surface area contributed by atoms with E-state index in [0.717, 1.165) is 39.4 Å². The molecule has 2 amide bonds. The molecule has 0 saturated carbocycles. The summed E-state index contributed by atoms with van der Waals surface area (Å²) in [6.07, 6.45) is 3.06. The molecular weight excluding hydrogens is 828 g/mol. The second kappa shape index (κ2) is 17.3. The van der Waals surface area contributed by atoms with E-state index in [1.807, 2.05) is 131 Å². The zero-order valence-electron chi connectivity index (χ0n) is 35.9. The maximum absolute atomic E-state index is 15.5. The number of hydrogen-bond acceptors (Lipinski definition) is 8. The molecule has 1 N–H and O–H groups in total. The first-order valence-corrected chi connectivity index (χ1v) is 25.0. The van der Waals surface area contributed by atoms with Gasteiger partial charge in [-0.3, -0.25) is 14.3 Å². The number of hydrazone groups is 1. The van der Waals surface area contributed by atoms with Crippen molar-refractivity contribution in [2.75, 3.05) is 23.6 Å². The lowest BCUT2D eigenvalue weighted by molar-refractivity contribution is -0.146. The van der Waals surface area contributed by atoms with E-state index >= 15 is 4.79 Å². The Bertz CT molecular complexity index is 2660. The zero-order valence-corrected chi connectivity index (χ0v) is 37.7. The summed E-state index contributed by atoms with van der Waals surface area (Å²) in [4.78, 5) is 30.7. The Morgan fingerprint density at radius 1 is 0.921 bits per heavy atom. The van der Waals surface area contributed by atoms with Crippen LogP contribution in [-0.4, -0.2) is 65.5 Å². The van der Waals surface area contributed by atoms with E-state index in [2.05, 4.69) is 42.5 Å². The number of fused-ring (bicyclic) bond motifs is 2. The number of carbonyl (C=O) groups is 2. The van der Waals surface area contributed by atoms with Crippen LogP contribution in [0.25, 0.3) is 0 Å². The third-order valence-corrected chi connectivity index (χ3v) is 18.0. The van der Waals surface area contributed by atoms with Crippen molar-refractivity contribution in [2.45, 2.75) is 75.5 Å². The van der Waals surface area contributed by atoms with Crippen LogP contribution in [0.3, 0.4) is 0 Å². The van der Waals surface area contributed by atoms with Crippen LogP contribution in [0.15, 0.2) is 139 Å². The predicted molar refractivity (Wildman–Crippen MR) is 248 cm³/mol. The number of aliphatic hydroxyl groups excluding tert-OH is 1. The second-order valence-corrected chi connectivity index (χ2v) is 22.5. The number of aliphatic hydroxyl groups is 1. The lowest BCUT2D eigenvalue weighted by Crippen LogP contribution is -2.51. The van der Waals surface area contributed by atoms with Crippen LogP contribution in [0, 0.1) is 5.92 Å². The fraction of sp³-hybridized carbons (Fsp3) is 0.300. The number of ether oxygens (including phenoxy) is 2. The van der Waals surface area contributed by atoms with E-state index in [1.54, 1.807) is 7.11 Å². The quantitative estimate of drug-likeness (QED) is 0.116. The van der Waals surface area contributed by atoms with Gasteiger partial charge in [0.2, 0.25) is 5.91 Å². The number of benzene rings is 5. The number of rotatable bonds is 13. The molecule has 63 heavy (non-hydrogen) atoms. The van der Waals surface area contributed by atoms with Gasteiger partial charge in [-0.25, -0.2) is 5.01 Å². The summed E-state index contributed by atoms with van der Waals surface area (Å²) in [5, 5.41) is 27.4. The number of aryl methyl sites for hydroxylation is 1. The van der Waals surface area contributed by atoms with Gasteiger partial charge in [0.25, 0.3) is 5.91 Å². The van der Waals surface area contributed by atoms with Crippen molar-refractivity contribution in [3.63, 3.8) is 0 Å². The number of halogens is 1. The highest BCUT2D eigenvalue weighted by molar-refractivity contribution is 6.91. The van der Waals surface area contributed by atoms with Crippen LogP contribution in [0.5, 0.6) is 5.75 Å². The number of methoxy groups -OCH3 is 1. The summed E-state index contributed by atoms with van der Waals surface area (Å²) in [5.74, 6) is 0.0211. The molecule has 11 nitrogen and oxygen atoms in total. The van der Waals surface area contributed by atoms with Crippen molar-refractivity contribution in [2.24, 2.45) is 11.0 Å². The third kappa shape index (κ3) is 7.79. The molecule has 0 radical (unpaired) electrons. The van der Waals surface area contributed by atoms with Crippen LogP contribution in [0.2, 0.25) is 23.7 Å². The van der Waals surface area contributed by atoms with Gasteiger partial charge in [0.1, 0.15) is 5.75 Å². The van der Waals surface area contributed by atoms with E-state index in [1.165, 1.54) is 10.2 Å². The van der Waals surface area contributed by atoms with Crippen LogP contribution in [0.4, 0.5) is 11.4 Å². The van der Waals surface area contributed by atoms with Gasteiger partial charge in [-0.1, -0.05) is 127 Å². The van der Waals surface area contributed by atoms with E-state index in [9.17, 15) is 9.90 Å². The van der Waals surface area contributed by atoms with E-state index < -0.39 is 13.7 Å². The molecule has 0 aliphatic carbocycles. The first-order valence-electron chi connectivity index (χ1n) is 21.6. The molecule has 5 atom stereocenters. The Morgan fingerprint density at radius 3 is 2.40 bits per heavy atom. The molecule has 3 aliphatic rings. The zero-order chi connectivity index (χ0) is 43.9. The fourth-order valence-corrected chi connectivity index (χ4v) is 14.4. The molecule has 9 rings (SSSR count). The molecule has 6 aromatic rings. The molecular formula is C50H51ClN6O5Si. The monoisotopic (exact) mass is 878 g/mol. The van der Waals surface area contributed by atoms with E-state index in [-0.39, 0.29) is 48.4 Å². The molecule has 13 heteroatoms. The molecule has 1 saturated heterocycles. The van der Waals surface area contributed by atoms with Gasteiger partial charge in [0, 0.05) is 42.1 Å². The van der Waals surface area contributed by atoms with Crippen molar-refractivity contribution in [3.8, 4) is 5.75 Å². The van der Waals surface area contributed by atoms with Gasteiger partial charge < -0.3 is 19.5 Å². The first-order chi connectivity index (χ1) is 30.5. The lowest BCUT2D eigenvalue weighted by atomic mass is 9.82. The number of anilines is 2. The summed E-state index contributed by atoms with van der Waals surface area (Å²) >= 11 is 6.80. The standard InChI is InChI=1S/C50H51ClN6O5Si/c1-33-48(63(3,4)40-21-19-39(61-2)20-22-40)46(26-27-55-31-44(52-54-55)41(32-58)35-13-7-5-8-14-35)62-50(33)42-29-37(51)18-24-45(42)56(49(50)60)30-34-12-11-17-38(28-34)57-47(59)25-23-43(53-57)36-15-9-6-10-16-36/h5-22,24,28-29,31,33,41,46,48,58H,23,25-27,30,32H2,1-4H3/t33-,41?,46+,48-,50+/m0/s1. The van der Waals surface area contributed by atoms with Crippen LogP contribution in [-0.2, 0) is 33.0 Å². The third-order valence-electron chi connectivity index (χ3n) is 13.4. The minimum absolute atomic E-state index is 0.00996. The lowest BCUT2D eigenvalue weighted by Gasteiger charge is -2.37. The average Bonchev–Trinajstić information content (AvgIpc) is 3.96. The minimum Gasteiger partial charge on any atom is -0.497 e. The number of carbonyl (C=O) groups excluding carboxylic acids is 2. The Kier molecular flexibility index (Phi) is 11.7. The van der Waals surface area contributed by atoms with Crippen molar-refractivity contribution in [1.29, 1.82) is 0 Å². The van der Waals surface area contributed by atoms with Gasteiger partial charge in [-0.2, -0.15) is 5.10 Å². The second-order valence-electron chi connectivity index (χ2n) is 17.3. The Morgan fingerprint density at radius 2 is 1.67 bits per heavy atom. The van der Waals surface area contributed by atoms with Gasteiger partial charge >= 0.3 is 0 Å². The average molecular weight is 880 g/mol. The van der Waals surface area contributed by atoms with Crippen molar-refractivity contribution >= 4 is 53.8 Å². The molecule has 4 heterocycles. The highest BCUT2D eigenvalue weighted by atomic mass is 35.5. The summed E-state index contributed by atoms with van der Waals surface area (Å²) in [6, 6.07) is 41.4. The summed E-state index contributed by atoms with van der Waals surface area (Å²) in [5.41, 5.74) is 5.17. The highest BCUT2D eigenvalue weighted by Gasteiger charge is 2.66. The fourth-order valence-electron chi connectivity index (χ4n) is 10.2. The van der Waals surface area contributed by atoms with Crippen molar-refractivity contribution in [3.05, 3.63) is 167 Å². The highest BCUT2D eigenvalue weighted by Crippen LogP contribution is 2.60. The van der Waals surface area contributed by atoms with Crippen LogP contribution in [0.1, 0.15) is 60.1 Å². The normalized spacial score (nSPS) is 21.5. The summed E-state index contributed by atoms with van der Waals surface area (Å²) in [6.45, 7) is 7.54. The Balaban J connectivity index is 1.05. The molecule has 1 unspecified atom stereocenters. The SMILES string of the molecule is COc1ccc([Si](C)(C)[C@@H]2[C@@H](CCn3cc(C(CO)c4ccccc4)nn3)O[C@]3(C(=O)N(Cc4cccc(N5N=C(c6ccccc6)CCC5=O)c4)c4ccc(Cl)cc43)[C@H]2C)cc1. The van der Waals surface area contributed by atoms with Gasteiger partial charge in [0.05, 0.1) is 63.1 Å². The molecule has 1 fully saturated rings. The number of nitrogens with zero attached hydrogens (tertiary/aromatic N) is 6.